The summed E-state index contributed by atoms with van der Waals surface area (Å²) in [6, 6.07) is 0. The molecule has 0 aliphatic heterocycles. The fourth-order valence-corrected chi connectivity index (χ4v) is 2.62. The second-order valence-corrected chi connectivity index (χ2v) is 3.98. The second-order valence-electron chi connectivity index (χ2n) is 3.98. The first-order valence-corrected chi connectivity index (χ1v) is 4.99. The summed E-state index contributed by atoms with van der Waals surface area (Å²) in [6.45, 7) is 5.59. The molecule has 0 aromatic heterocycles. The highest BCUT2D eigenvalue weighted by molar-refractivity contribution is 4.79. The first-order chi connectivity index (χ1) is 5.29. The Morgan fingerprint density at radius 2 is 2.09 bits per heavy atom. The molecule has 2 N–H and O–H groups in total. The molecule has 0 heterocycles. The number of nitrogens with two attached hydrogens (primary N) is 1. The molecule has 1 nitrogen and oxygen atoms in total. The average Bonchev–Trinajstić information content (AvgIpc) is 2.04. The zero-order valence-electron chi connectivity index (χ0n) is 7.84. The van der Waals surface area contributed by atoms with Crippen molar-refractivity contribution in [3.05, 3.63) is 0 Å². The molecule has 0 saturated heterocycles. The molecular weight excluding hydrogens is 134 g/mol. The van der Waals surface area contributed by atoms with Gasteiger partial charge in [-0.05, 0) is 30.7 Å². The number of hydrogen-bond donors (Lipinski definition) is 1. The van der Waals surface area contributed by atoms with E-state index in [1.54, 1.807) is 0 Å². The summed E-state index contributed by atoms with van der Waals surface area (Å²) >= 11 is 0. The zero-order chi connectivity index (χ0) is 8.27. The number of rotatable bonds is 2. The predicted octanol–water partition coefficient (Wildman–Crippen LogP) is 2.41. The first-order valence-electron chi connectivity index (χ1n) is 4.99. The highest BCUT2D eigenvalue weighted by Crippen LogP contribution is 2.35. The van der Waals surface area contributed by atoms with E-state index in [0.717, 1.165) is 24.3 Å². The van der Waals surface area contributed by atoms with E-state index in [1.165, 1.54) is 25.7 Å². The van der Waals surface area contributed by atoms with E-state index in [1.807, 2.05) is 0 Å². The minimum atomic E-state index is 0.823. The van der Waals surface area contributed by atoms with Crippen LogP contribution in [0.4, 0.5) is 0 Å². The molecule has 1 aliphatic rings. The summed E-state index contributed by atoms with van der Waals surface area (Å²) in [5.41, 5.74) is 5.73. The third-order valence-electron chi connectivity index (χ3n) is 3.34. The third-order valence-corrected chi connectivity index (χ3v) is 3.34. The summed E-state index contributed by atoms with van der Waals surface area (Å²) in [5, 5.41) is 0. The van der Waals surface area contributed by atoms with Gasteiger partial charge in [0.05, 0.1) is 0 Å². The van der Waals surface area contributed by atoms with Gasteiger partial charge in [-0.2, -0.15) is 0 Å². The summed E-state index contributed by atoms with van der Waals surface area (Å²) < 4.78 is 0. The van der Waals surface area contributed by atoms with Crippen LogP contribution in [-0.2, 0) is 0 Å². The molecule has 3 atom stereocenters. The van der Waals surface area contributed by atoms with Crippen molar-refractivity contribution in [2.75, 3.05) is 6.54 Å². The van der Waals surface area contributed by atoms with Crippen molar-refractivity contribution in [2.24, 2.45) is 23.5 Å². The standard InChI is InChI=1S/C10H21N/c1-3-10-8(2)5-4-6-9(10)7-11/h8-10H,3-7,11H2,1-2H3/t8?,9?,10-/m1/s1. The van der Waals surface area contributed by atoms with Crippen LogP contribution in [0.1, 0.15) is 39.5 Å². The Morgan fingerprint density at radius 3 is 2.55 bits per heavy atom. The Balaban J connectivity index is 2.48. The van der Waals surface area contributed by atoms with E-state index in [4.69, 9.17) is 5.73 Å². The van der Waals surface area contributed by atoms with Gasteiger partial charge in [-0.1, -0.05) is 33.1 Å². The van der Waals surface area contributed by atoms with Gasteiger partial charge in [-0.15, -0.1) is 0 Å². The van der Waals surface area contributed by atoms with Crippen LogP contribution in [0.25, 0.3) is 0 Å². The summed E-state index contributed by atoms with van der Waals surface area (Å²) in [4.78, 5) is 0. The van der Waals surface area contributed by atoms with Gasteiger partial charge in [0.2, 0.25) is 0 Å². The average molecular weight is 155 g/mol. The van der Waals surface area contributed by atoms with Gasteiger partial charge in [-0.25, -0.2) is 0 Å². The molecule has 0 radical (unpaired) electrons. The van der Waals surface area contributed by atoms with Gasteiger partial charge in [-0.3, -0.25) is 0 Å². The maximum atomic E-state index is 5.73. The molecule has 1 heteroatoms. The minimum absolute atomic E-state index is 0.823. The quantitative estimate of drug-likeness (QED) is 0.651. The lowest BCUT2D eigenvalue weighted by Gasteiger charge is -2.35. The lowest BCUT2D eigenvalue weighted by Crippen LogP contribution is -2.31. The SMILES string of the molecule is CC[C@@H]1C(C)CCCC1CN. The van der Waals surface area contributed by atoms with Crippen LogP contribution in [0, 0.1) is 17.8 Å². The molecule has 66 valence electrons. The normalized spacial score (nSPS) is 39.0. The van der Waals surface area contributed by atoms with Crippen LogP contribution >= 0.6 is 0 Å². The van der Waals surface area contributed by atoms with E-state index < -0.39 is 0 Å². The van der Waals surface area contributed by atoms with E-state index in [9.17, 15) is 0 Å². The maximum absolute atomic E-state index is 5.73. The van der Waals surface area contributed by atoms with Crippen LogP contribution in [0.15, 0.2) is 0 Å². The van der Waals surface area contributed by atoms with Crippen molar-refractivity contribution in [3.8, 4) is 0 Å². The lowest BCUT2D eigenvalue weighted by molar-refractivity contribution is 0.165. The summed E-state index contributed by atoms with van der Waals surface area (Å²) in [7, 11) is 0. The molecule has 1 rings (SSSR count). The summed E-state index contributed by atoms with van der Waals surface area (Å²) in [5.74, 6) is 2.65. The largest absolute Gasteiger partial charge is 0.330 e. The molecule has 1 saturated carbocycles. The van der Waals surface area contributed by atoms with E-state index in [0.29, 0.717) is 0 Å². The zero-order valence-corrected chi connectivity index (χ0v) is 7.84. The smallest absolute Gasteiger partial charge is 0.00461 e. The van der Waals surface area contributed by atoms with Crippen LogP contribution in [0.5, 0.6) is 0 Å². The molecule has 2 unspecified atom stereocenters. The molecule has 0 bridgehead atoms. The van der Waals surface area contributed by atoms with Crippen LogP contribution in [0.3, 0.4) is 0 Å². The van der Waals surface area contributed by atoms with E-state index in [-0.39, 0.29) is 0 Å². The highest BCUT2D eigenvalue weighted by Gasteiger charge is 2.27. The lowest BCUT2D eigenvalue weighted by atomic mass is 9.71. The molecule has 0 spiro atoms. The Kier molecular flexibility index (Phi) is 3.38. The van der Waals surface area contributed by atoms with Gasteiger partial charge < -0.3 is 5.73 Å². The third kappa shape index (κ3) is 1.96. The summed E-state index contributed by atoms with van der Waals surface area (Å²) in [6.07, 6.45) is 5.52. The fourth-order valence-electron chi connectivity index (χ4n) is 2.62. The molecule has 0 amide bonds. The van der Waals surface area contributed by atoms with E-state index in [2.05, 4.69) is 13.8 Å². The van der Waals surface area contributed by atoms with Crippen LogP contribution in [-0.4, -0.2) is 6.54 Å². The van der Waals surface area contributed by atoms with Crippen LogP contribution < -0.4 is 5.73 Å². The van der Waals surface area contributed by atoms with Crippen molar-refractivity contribution in [1.82, 2.24) is 0 Å². The second kappa shape index (κ2) is 4.10. The van der Waals surface area contributed by atoms with Crippen molar-refractivity contribution >= 4 is 0 Å². The molecule has 1 aliphatic carbocycles. The molecular formula is C10H21N. The van der Waals surface area contributed by atoms with Gasteiger partial charge in [0.15, 0.2) is 0 Å². The van der Waals surface area contributed by atoms with Gasteiger partial charge in [0.25, 0.3) is 0 Å². The van der Waals surface area contributed by atoms with Crippen molar-refractivity contribution in [1.29, 1.82) is 0 Å². The molecule has 0 aromatic rings. The van der Waals surface area contributed by atoms with Crippen molar-refractivity contribution < 1.29 is 0 Å². The topological polar surface area (TPSA) is 26.0 Å². The minimum Gasteiger partial charge on any atom is -0.330 e. The van der Waals surface area contributed by atoms with Gasteiger partial charge in [0.1, 0.15) is 0 Å². The predicted molar refractivity (Wildman–Crippen MR) is 49.3 cm³/mol. The first kappa shape index (κ1) is 9.05. The van der Waals surface area contributed by atoms with Crippen molar-refractivity contribution in [2.45, 2.75) is 39.5 Å². The Labute approximate surface area is 70.4 Å². The maximum Gasteiger partial charge on any atom is -0.00461 e. The Hall–Kier alpha value is -0.0400. The number of hydrogen-bond acceptors (Lipinski definition) is 1. The monoisotopic (exact) mass is 155 g/mol. The molecule has 11 heavy (non-hydrogen) atoms. The Morgan fingerprint density at radius 1 is 1.36 bits per heavy atom. The van der Waals surface area contributed by atoms with E-state index >= 15 is 0 Å². The Bertz CT molecular complexity index is 111. The fraction of sp³-hybridized carbons (Fsp3) is 1.00. The van der Waals surface area contributed by atoms with Gasteiger partial charge in [0, 0.05) is 0 Å². The molecule has 0 aromatic carbocycles. The van der Waals surface area contributed by atoms with Crippen LogP contribution in [0.2, 0.25) is 0 Å². The van der Waals surface area contributed by atoms with Gasteiger partial charge >= 0.3 is 0 Å². The van der Waals surface area contributed by atoms with Crippen molar-refractivity contribution in [3.63, 3.8) is 0 Å². The highest BCUT2D eigenvalue weighted by atomic mass is 14.6. The molecule has 1 fully saturated rings.